The minimum absolute atomic E-state index is 0.194. The molecular formula is C26H18ClIN2O4S. The van der Waals surface area contributed by atoms with Gasteiger partial charge in [0.2, 0.25) is 0 Å². The maximum Gasteiger partial charge on any atom is 0.338 e. The van der Waals surface area contributed by atoms with Gasteiger partial charge in [0, 0.05) is 16.7 Å². The van der Waals surface area contributed by atoms with Gasteiger partial charge in [-0.15, -0.1) is 0 Å². The quantitative estimate of drug-likeness (QED) is 0.239. The standard InChI is InChI=1S/C26H18ClIN2O4S/c1-2-33-25(32)21-22(15-6-4-3-5-7-15)29-26-30(23(21)16-8-10-17(27)11-9-16)24(31)19(35-26)14-18-12-13-20(28)34-18/h3-14,23H,2H2,1H3/b19-14-/t23-/m1/s1. The SMILES string of the molecule is CCOC(=O)C1=C(c2ccccc2)N=c2s/c(=C\c3ccc(I)o3)c(=O)n2[C@@H]1c1ccc(Cl)cc1. The lowest BCUT2D eigenvalue weighted by Gasteiger charge is -2.25. The summed E-state index contributed by atoms with van der Waals surface area (Å²) in [5.41, 5.74) is 1.99. The van der Waals surface area contributed by atoms with Crippen LogP contribution in [0.3, 0.4) is 0 Å². The van der Waals surface area contributed by atoms with Crippen LogP contribution in [0.15, 0.2) is 86.5 Å². The minimum Gasteiger partial charge on any atom is -0.463 e. The zero-order valence-electron chi connectivity index (χ0n) is 18.4. The number of fused-ring (bicyclic) bond motifs is 1. The van der Waals surface area contributed by atoms with Crippen LogP contribution < -0.4 is 14.9 Å². The lowest BCUT2D eigenvalue weighted by Crippen LogP contribution is -2.40. The smallest absolute Gasteiger partial charge is 0.338 e. The van der Waals surface area contributed by atoms with Gasteiger partial charge in [-0.3, -0.25) is 9.36 Å². The Bertz CT molecular complexity index is 1620. The van der Waals surface area contributed by atoms with Gasteiger partial charge in [-0.2, -0.15) is 0 Å². The fraction of sp³-hybridized carbons (Fsp3) is 0.115. The molecule has 0 saturated heterocycles. The third-order valence-electron chi connectivity index (χ3n) is 5.43. The molecule has 0 N–H and O–H groups in total. The van der Waals surface area contributed by atoms with Crippen molar-refractivity contribution in [2.75, 3.05) is 6.61 Å². The maximum atomic E-state index is 13.7. The van der Waals surface area contributed by atoms with Crippen LogP contribution >= 0.6 is 45.5 Å². The van der Waals surface area contributed by atoms with Crippen molar-refractivity contribution in [2.24, 2.45) is 4.99 Å². The Morgan fingerprint density at radius 1 is 1.17 bits per heavy atom. The van der Waals surface area contributed by atoms with Crippen molar-refractivity contribution < 1.29 is 13.9 Å². The van der Waals surface area contributed by atoms with Gasteiger partial charge in [-0.1, -0.05) is 65.4 Å². The number of hydrogen-bond donors (Lipinski definition) is 0. The van der Waals surface area contributed by atoms with Crippen molar-refractivity contribution in [1.29, 1.82) is 0 Å². The number of aromatic nitrogens is 1. The molecule has 0 amide bonds. The molecule has 2 aromatic heterocycles. The monoisotopic (exact) mass is 616 g/mol. The van der Waals surface area contributed by atoms with Crippen molar-refractivity contribution in [3.63, 3.8) is 0 Å². The molecule has 0 spiro atoms. The van der Waals surface area contributed by atoms with Gasteiger partial charge in [-0.25, -0.2) is 9.79 Å². The van der Waals surface area contributed by atoms with Crippen molar-refractivity contribution in [2.45, 2.75) is 13.0 Å². The molecule has 1 aliphatic rings. The molecule has 0 saturated carbocycles. The summed E-state index contributed by atoms with van der Waals surface area (Å²) < 4.78 is 13.8. The molecule has 3 heterocycles. The number of nitrogens with zero attached hydrogens (tertiary/aromatic N) is 2. The third kappa shape index (κ3) is 4.65. The van der Waals surface area contributed by atoms with Gasteiger partial charge in [0.05, 0.1) is 28.5 Å². The summed E-state index contributed by atoms with van der Waals surface area (Å²) in [6.07, 6.45) is 1.70. The van der Waals surface area contributed by atoms with E-state index in [1.807, 2.05) is 48.5 Å². The molecule has 1 aliphatic heterocycles. The second-order valence-electron chi connectivity index (χ2n) is 7.62. The van der Waals surface area contributed by atoms with Gasteiger partial charge < -0.3 is 9.15 Å². The molecule has 6 nitrogen and oxygen atoms in total. The highest BCUT2D eigenvalue weighted by Crippen LogP contribution is 2.35. The first-order chi connectivity index (χ1) is 17.0. The highest BCUT2D eigenvalue weighted by Gasteiger charge is 2.35. The van der Waals surface area contributed by atoms with Crippen LogP contribution in [0.4, 0.5) is 0 Å². The van der Waals surface area contributed by atoms with Gasteiger partial charge in [-0.05, 0) is 59.3 Å². The highest BCUT2D eigenvalue weighted by molar-refractivity contribution is 14.1. The number of ether oxygens (including phenoxy) is 1. The second-order valence-corrected chi connectivity index (χ2v) is 10.1. The van der Waals surface area contributed by atoms with E-state index in [0.29, 0.717) is 31.4 Å². The van der Waals surface area contributed by atoms with Crippen LogP contribution in [0, 0.1) is 3.77 Å². The Morgan fingerprint density at radius 3 is 2.57 bits per heavy atom. The van der Waals surface area contributed by atoms with Gasteiger partial charge >= 0.3 is 5.97 Å². The Labute approximate surface area is 223 Å². The molecule has 35 heavy (non-hydrogen) atoms. The second kappa shape index (κ2) is 9.96. The van der Waals surface area contributed by atoms with Crippen molar-refractivity contribution in [3.05, 3.63) is 118 Å². The van der Waals surface area contributed by atoms with E-state index in [1.54, 1.807) is 35.8 Å². The van der Waals surface area contributed by atoms with Crippen LogP contribution in [0.5, 0.6) is 0 Å². The summed E-state index contributed by atoms with van der Waals surface area (Å²) in [5, 5.41) is 0.554. The number of hydrogen-bond acceptors (Lipinski definition) is 6. The normalized spacial score (nSPS) is 15.6. The van der Waals surface area contributed by atoms with E-state index in [-0.39, 0.29) is 12.2 Å². The van der Waals surface area contributed by atoms with E-state index in [2.05, 4.69) is 22.6 Å². The van der Waals surface area contributed by atoms with Crippen molar-refractivity contribution in [3.8, 4) is 0 Å². The molecule has 0 bridgehead atoms. The van der Waals surface area contributed by atoms with Crippen LogP contribution in [0.2, 0.25) is 5.02 Å². The topological polar surface area (TPSA) is 73.8 Å². The molecule has 4 aromatic rings. The number of carbonyl (C=O) groups excluding carboxylic acids is 1. The first kappa shape index (κ1) is 23.8. The Kier molecular flexibility index (Phi) is 6.77. The molecule has 5 rings (SSSR count). The number of carbonyl (C=O) groups is 1. The van der Waals surface area contributed by atoms with E-state index >= 15 is 0 Å². The van der Waals surface area contributed by atoms with Crippen LogP contribution in [0.1, 0.15) is 29.9 Å². The van der Waals surface area contributed by atoms with E-state index < -0.39 is 12.0 Å². The van der Waals surface area contributed by atoms with E-state index in [4.69, 9.17) is 25.7 Å². The number of halogens is 2. The summed E-state index contributed by atoms with van der Waals surface area (Å²) in [6, 6.07) is 19.4. The number of furan rings is 1. The molecule has 2 aromatic carbocycles. The molecular weight excluding hydrogens is 599 g/mol. The Hall–Kier alpha value is -2.95. The zero-order valence-corrected chi connectivity index (χ0v) is 22.1. The molecule has 0 fully saturated rings. The number of benzene rings is 2. The van der Waals surface area contributed by atoms with Crippen LogP contribution in [-0.4, -0.2) is 17.1 Å². The average Bonchev–Trinajstić information content (AvgIpc) is 3.41. The number of rotatable bonds is 5. The lowest BCUT2D eigenvalue weighted by atomic mass is 9.93. The van der Waals surface area contributed by atoms with Gasteiger partial charge in [0.15, 0.2) is 8.57 Å². The van der Waals surface area contributed by atoms with Crippen LogP contribution in [0.25, 0.3) is 11.8 Å². The predicted molar refractivity (Wildman–Crippen MR) is 144 cm³/mol. The zero-order chi connectivity index (χ0) is 24.5. The lowest BCUT2D eigenvalue weighted by molar-refractivity contribution is -0.138. The fourth-order valence-corrected chi connectivity index (χ4v) is 5.48. The van der Waals surface area contributed by atoms with Crippen LogP contribution in [-0.2, 0) is 9.53 Å². The Morgan fingerprint density at radius 2 is 1.91 bits per heavy atom. The molecule has 176 valence electrons. The third-order valence-corrected chi connectivity index (χ3v) is 7.24. The van der Waals surface area contributed by atoms with Gasteiger partial charge in [0.25, 0.3) is 5.56 Å². The fourth-order valence-electron chi connectivity index (χ4n) is 3.94. The highest BCUT2D eigenvalue weighted by atomic mass is 127. The summed E-state index contributed by atoms with van der Waals surface area (Å²) in [4.78, 5) is 32.3. The van der Waals surface area contributed by atoms with E-state index in [1.165, 1.54) is 11.3 Å². The summed E-state index contributed by atoms with van der Waals surface area (Å²) >= 11 is 9.47. The Balaban J connectivity index is 1.83. The summed E-state index contributed by atoms with van der Waals surface area (Å²) in [6.45, 7) is 1.94. The predicted octanol–water partition coefficient (Wildman–Crippen LogP) is 4.79. The summed E-state index contributed by atoms with van der Waals surface area (Å²) in [5.74, 6) is 0.0421. The number of thiazole rings is 1. The van der Waals surface area contributed by atoms with Gasteiger partial charge in [0.1, 0.15) is 5.76 Å². The molecule has 0 aliphatic carbocycles. The largest absolute Gasteiger partial charge is 0.463 e. The van der Waals surface area contributed by atoms with Crippen molar-refractivity contribution in [1.82, 2.24) is 4.57 Å². The first-order valence-corrected chi connectivity index (χ1v) is 13.0. The summed E-state index contributed by atoms with van der Waals surface area (Å²) in [7, 11) is 0. The first-order valence-electron chi connectivity index (χ1n) is 10.8. The maximum absolute atomic E-state index is 13.7. The molecule has 0 unspecified atom stereocenters. The average molecular weight is 617 g/mol. The molecule has 1 atom stereocenters. The number of esters is 1. The minimum atomic E-state index is -0.739. The molecule has 0 radical (unpaired) electrons. The van der Waals surface area contributed by atoms with Crippen molar-refractivity contribution >= 4 is 63.3 Å². The van der Waals surface area contributed by atoms with E-state index in [9.17, 15) is 9.59 Å². The molecule has 9 heteroatoms. The van der Waals surface area contributed by atoms with E-state index in [0.717, 1.165) is 14.9 Å².